The van der Waals surface area contributed by atoms with Crippen molar-refractivity contribution in [3.8, 4) is 5.88 Å². The first-order chi connectivity index (χ1) is 11.4. The normalized spacial score (nSPS) is 11.7. The molecule has 0 bridgehead atoms. The quantitative estimate of drug-likeness (QED) is 0.882. The summed E-state index contributed by atoms with van der Waals surface area (Å²) in [6.07, 6.45) is 0. The number of hydrogen-bond acceptors (Lipinski definition) is 3. The van der Waals surface area contributed by atoms with Crippen LogP contribution < -0.4 is 15.4 Å². The molecule has 0 aliphatic carbocycles. The second-order valence-corrected chi connectivity index (χ2v) is 5.97. The molecule has 2 aromatic rings. The number of aromatic nitrogens is 1. The van der Waals surface area contributed by atoms with Gasteiger partial charge in [-0.15, -0.1) is 0 Å². The lowest BCUT2D eigenvalue weighted by atomic mass is 10.0. The van der Waals surface area contributed by atoms with E-state index in [1.54, 1.807) is 7.11 Å². The van der Waals surface area contributed by atoms with Crippen LogP contribution in [-0.4, -0.2) is 18.1 Å². The molecular weight excluding hydrogens is 302 g/mol. The molecule has 2 amide bonds. The van der Waals surface area contributed by atoms with E-state index in [9.17, 15) is 4.79 Å². The summed E-state index contributed by atoms with van der Waals surface area (Å²) in [5.74, 6) is 0.555. The lowest BCUT2D eigenvalue weighted by molar-refractivity contribution is 0.237. The number of rotatable bonds is 5. The zero-order valence-electron chi connectivity index (χ0n) is 14.9. The van der Waals surface area contributed by atoms with Gasteiger partial charge in [0, 0.05) is 11.3 Å². The Labute approximate surface area is 143 Å². The molecule has 0 aliphatic rings. The molecule has 1 heterocycles. The molecule has 0 saturated heterocycles. The summed E-state index contributed by atoms with van der Waals surface area (Å²) >= 11 is 0. The van der Waals surface area contributed by atoms with Crippen LogP contribution >= 0.6 is 0 Å². The van der Waals surface area contributed by atoms with Gasteiger partial charge in [0.1, 0.15) is 0 Å². The van der Waals surface area contributed by atoms with E-state index in [2.05, 4.69) is 15.6 Å². The number of ether oxygens (including phenoxy) is 1. The molecule has 5 nitrogen and oxygen atoms in total. The number of nitrogens with zero attached hydrogens (tertiary/aromatic N) is 1. The maximum atomic E-state index is 12.2. The minimum absolute atomic E-state index is 0.0645. The maximum absolute atomic E-state index is 12.2. The summed E-state index contributed by atoms with van der Waals surface area (Å²) in [7, 11) is 1.59. The van der Waals surface area contributed by atoms with Crippen LogP contribution in [0.15, 0.2) is 30.3 Å². The Kier molecular flexibility index (Phi) is 5.79. The van der Waals surface area contributed by atoms with Crippen LogP contribution in [0.1, 0.15) is 40.9 Å². The Morgan fingerprint density at radius 2 is 1.92 bits per heavy atom. The van der Waals surface area contributed by atoms with Crippen molar-refractivity contribution < 1.29 is 9.53 Å². The van der Waals surface area contributed by atoms with Crippen molar-refractivity contribution in [2.75, 3.05) is 7.11 Å². The van der Waals surface area contributed by atoms with Gasteiger partial charge >= 0.3 is 6.03 Å². The Balaban J connectivity index is 2.00. The molecule has 0 spiro atoms. The number of carbonyl (C=O) groups excluding carboxylic acids is 1. The Morgan fingerprint density at radius 1 is 1.21 bits per heavy atom. The van der Waals surface area contributed by atoms with Crippen LogP contribution in [0.3, 0.4) is 0 Å². The van der Waals surface area contributed by atoms with E-state index in [4.69, 9.17) is 4.74 Å². The number of hydrogen-bond donors (Lipinski definition) is 2. The largest absolute Gasteiger partial charge is 0.481 e. The average Bonchev–Trinajstić information content (AvgIpc) is 2.53. The fourth-order valence-corrected chi connectivity index (χ4v) is 2.78. The van der Waals surface area contributed by atoms with E-state index in [0.717, 1.165) is 27.9 Å². The second-order valence-electron chi connectivity index (χ2n) is 5.97. The molecule has 2 rings (SSSR count). The van der Waals surface area contributed by atoms with Gasteiger partial charge in [-0.1, -0.05) is 24.3 Å². The molecule has 24 heavy (non-hydrogen) atoms. The first-order valence-corrected chi connectivity index (χ1v) is 8.03. The summed E-state index contributed by atoms with van der Waals surface area (Å²) < 4.78 is 5.32. The zero-order valence-corrected chi connectivity index (χ0v) is 14.9. The predicted molar refractivity (Wildman–Crippen MR) is 95.2 cm³/mol. The van der Waals surface area contributed by atoms with Crippen molar-refractivity contribution in [1.82, 2.24) is 15.6 Å². The van der Waals surface area contributed by atoms with E-state index < -0.39 is 0 Å². The van der Waals surface area contributed by atoms with Crippen LogP contribution in [0.5, 0.6) is 5.88 Å². The standard InChI is InChI=1S/C19H25N3O2/c1-12-8-6-7-9-16(12)15(4)22-19(23)20-11-17-13(2)10-14(3)21-18(17)24-5/h6-10,15H,11H2,1-5H3,(H2,20,22,23). The first kappa shape index (κ1) is 17.8. The van der Waals surface area contributed by atoms with Crippen molar-refractivity contribution in [2.24, 2.45) is 0 Å². The molecule has 1 aromatic carbocycles. The van der Waals surface area contributed by atoms with Gasteiger partial charge in [-0.25, -0.2) is 9.78 Å². The number of carbonyl (C=O) groups is 1. The van der Waals surface area contributed by atoms with Crippen LogP contribution in [-0.2, 0) is 6.54 Å². The zero-order chi connectivity index (χ0) is 17.7. The van der Waals surface area contributed by atoms with Crippen LogP contribution in [0, 0.1) is 20.8 Å². The van der Waals surface area contributed by atoms with E-state index in [1.165, 1.54) is 0 Å². The predicted octanol–water partition coefficient (Wildman–Crippen LogP) is 3.58. The van der Waals surface area contributed by atoms with E-state index in [1.807, 2.05) is 58.0 Å². The van der Waals surface area contributed by atoms with Crippen molar-refractivity contribution in [3.63, 3.8) is 0 Å². The highest BCUT2D eigenvalue weighted by molar-refractivity contribution is 5.74. The smallest absolute Gasteiger partial charge is 0.315 e. The third-order valence-corrected chi connectivity index (χ3v) is 4.06. The molecule has 0 saturated carbocycles. The summed E-state index contributed by atoms with van der Waals surface area (Å²) in [5.41, 5.74) is 5.10. The lowest BCUT2D eigenvalue weighted by Crippen LogP contribution is -2.37. The van der Waals surface area contributed by atoms with Gasteiger partial charge in [0.2, 0.25) is 5.88 Å². The Hall–Kier alpha value is -2.56. The molecule has 0 fully saturated rings. The SMILES string of the molecule is COc1nc(C)cc(C)c1CNC(=O)NC(C)c1ccccc1C. The third kappa shape index (κ3) is 4.25. The topological polar surface area (TPSA) is 63.2 Å². The highest BCUT2D eigenvalue weighted by atomic mass is 16.5. The molecule has 1 atom stereocenters. The molecule has 0 radical (unpaired) electrons. The van der Waals surface area contributed by atoms with Gasteiger partial charge in [0.15, 0.2) is 0 Å². The molecule has 5 heteroatoms. The van der Waals surface area contributed by atoms with Crippen molar-refractivity contribution in [2.45, 2.75) is 40.3 Å². The average molecular weight is 327 g/mol. The van der Waals surface area contributed by atoms with Gasteiger partial charge in [-0.05, 0) is 50.5 Å². The number of nitrogens with one attached hydrogen (secondary N) is 2. The van der Waals surface area contributed by atoms with Crippen molar-refractivity contribution in [3.05, 3.63) is 58.3 Å². The fraction of sp³-hybridized carbons (Fsp3) is 0.368. The van der Waals surface area contributed by atoms with Gasteiger partial charge < -0.3 is 15.4 Å². The number of pyridine rings is 1. The molecule has 0 aliphatic heterocycles. The van der Waals surface area contributed by atoms with Crippen LogP contribution in [0.2, 0.25) is 0 Å². The highest BCUT2D eigenvalue weighted by Gasteiger charge is 2.13. The van der Waals surface area contributed by atoms with E-state index in [0.29, 0.717) is 12.4 Å². The van der Waals surface area contributed by atoms with Gasteiger partial charge in [-0.3, -0.25) is 0 Å². The molecule has 1 unspecified atom stereocenters. The minimum Gasteiger partial charge on any atom is -0.481 e. The van der Waals surface area contributed by atoms with Crippen molar-refractivity contribution in [1.29, 1.82) is 0 Å². The van der Waals surface area contributed by atoms with Gasteiger partial charge in [0.05, 0.1) is 19.7 Å². The van der Waals surface area contributed by atoms with E-state index in [-0.39, 0.29) is 12.1 Å². The lowest BCUT2D eigenvalue weighted by Gasteiger charge is -2.18. The number of urea groups is 1. The highest BCUT2D eigenvalue weighted by Crippen LogP contribution is 2.20. The fourth-order valence-electron chi connectivity index (χ4n) is 2.78. The van der Waals surface area contributed by atoms with Crippen LogP contribution in [0.4, 0.5) is 4.79 Å². The molecule has 1 aromatic heterocycles. The van der Waals surface area contributed by atoms with Gasteiger partial charge in [0.25, 0.3) is 0 Å². The number of benzene rings is 1. The van der Waals surface area contributed by atoms with E-state index >= 15 is 0 Å². The molecule has 2 N–H and O–H groups in total. The number of methoxy groups -OCH3 is 1. The minimum atomic E-state index is -0.215. The number of aryl methyl sites for hydroxylation is 3. The Morgan fingerprint density at radius 3 is 2.58 bits per heavy atom. The Bertz CT molecular complexity index is 729. The van der Waals surface area contributed by atoms with Crippen molar-refractivity contribution >= 4 is 6.03 Å². The van der Waals surface area contributed by atoms with Crippen LogP contribution in [0.25, 0.3) is 0 Å². The molecule has 128 valence electrons. The summed E-state index contributed by atoms with van der Waals surface area (Å²) in [5, 5.41) is 5.85. The summed E-state index contributed by atoms with van der Waals surface area (Å²) in [6, 6.07) is 9.73. The second kappa shape index (κ2) is 7.81. The first-order valence-electron chi connectivity index (χ1n) is 8.03. The monoisotopic (exact) mass is 327 g/mol. The summed E-state index contributed by atoms with van der Waals surface area (Å²) in [6.45, 7) is 8.29. The third-order valence-electron chi connectivity index (χ3n) is 4.06. The summed E-state index contributed by atoms with van der Waals surface area (Å²) in [4.78, 5) is 16.6. The number of amides is 2. The maximum Gasteiger partial charge on any atom is 0.315 e. The van der Waals surface area contributed by atoms with Gasteiger partial charge in [-0.2, -0.15) is 0 Å². The molecular formula is C19H25N3O2.